The topological polar surface area (TPSA) is 70.8 Å². The molecule has 1 unspecified atom stereocenters. The third-order valence-corrected chi connectivity index (χ3v) is 5.29. The molecular formula is C16H29N5. The van der Waals surface area contributed by atoms with E-state index in [2.05, 4.69) is 22.0 Å². The quantitative estimate of drug-likeness (QED) is 0.840. The lowest BCUT2D eigenvalue weighted by Gasteiger charge is -2.39. The molecule has 2 fully saturated rings. The molecule has 118 valence electrons. The maximum atomic E-state index is 5.94. The SMILES string of the molecule is CC1(CN)CCCN(c2n[nH]c(C3CCCCCC3)n2)C1. The maximum Gasteiger partial charge on any atom is 0.244 e. The van der Waals surface area contributed by atoms with E-state index in [-0.39, 0.29) is 5.41 Å². The van der Waals surface area contributed by atoms with Crippen LogP contribution in [0.1, 0.15) is 70.0 Å². The van der Waals surface area contributed by atoms with E-state index >= 15 is 0 Å². The Morgan fingerprint density at radius 2 is 2.00 bits per heavy atom. The van der Waals surface area contributed by atoms with Crippen LogP contribution in [0.3, 0.4) is 0 Å². The Labute approximate surface area is 127 Å². The Bertz CT molecular complexity index is 449. The summed E-state index contributed by atoms with van der Waals surface area (Å²) < 4.78 is 0. The van der Waals surface area contributed by atoms with Gasteiger partial charge in [-0.3, -0.25) is 5.10 Å². The van der Waals surface area contributed by atoms with E-state index in [1.165, 1.54) is 51.4 Å². The third kappa shape index (κ3) is 3.39. The fourth-order valence-electron chi connectivity index (χ4n) is 3.79. The molecule has 5 nitrogen and oxygen atoms in total. The first-order chi connectivity index (χ1) is 10.2. The predicted molar refractivity (Wildman–Crippen MR) is 85.4 cm³/mol. The number of nitrogens with two attached hydrogens (primary N) is 1. The minimum Gasteiger partial charge on any atom is -0.339 e. The zero-order valence-corrected chi connectivity index (χ0v) is 13.3. The van der Waals surface area contributed by atoms with Crippen molar-refractivity contribution in [3.63, 3.8) is 0 Å². The van der Waals surface area contributed by atoms with E-state index in [0.717, 1.165) is 31.4 Å². The zero-order chi connectivity index (χ0) is 14.7. The Balaban J connectivity index is 1.69. The van der Waals surface area contributed by atoms with Crippen molar-refractivity contribution in [2.24, 2.45) is 11.1 Å². The third-order valence-electron chi connectivity index (χ3n) is 5.29. The highest BCUT2D eigenvalue weighted by Crippen LogP contribution is 2.32. The summed E-state index contributed by atoms with van der Waals surface area (Å²) in [5.41, 5.74) is 6.15. The highest BCUT2D eigenvalue weighted by atomic mass is 15.4. The molecule has 1 atom stereocenters. The van der Waals surface area contributed by atoms with Crippen molar-refractivity contribution in [3.8, 4) is 0 Å². The molecular weight excluding hydrogens is 262 g/mol. The molecule has 3 rings (SSSR count). The molecule has 0 radical (unpaired) electrons. The molecule has 2 aliphatic rings. The number of aromatic nitrogens is 3. The minimum absolute atomic E-state index is 0.210. The summed E-state index contributed by atoms with van der Waals surface area (Å²) in [6.07, 6.45) is 10.3. The zero-order valence-electron chi connectivity index (χ0n) is 13.3. The van der Waals surface area contributed by atoms with Gasteiger partial charge in [-0.25, -0.2) is 0 Å². The lowest BCUT2D eigenvalue weighted by molar-refractivity contribution is 0.270. The number of hydrogen-bond acceptors (Lipinski definition) is 4. The summed E-state index contributed by atoms with van der Waals surface area (Å²) in [6.45, 7) is 5.05. The molecule has 0 aromatic carbocycles. The number of rotatable bonds is 3. The van der Waals surface area contributed by atoms with Crippen LogP contribution >= 0.6 is 0 Å². The van der Waals surface area contributed by atoms with Crippen molar-refractivity contribution in [3.05, 3.63) is 5.82 Å². The van der Waals surface area contributed by atoms with E-state index in [4.69, 9.17) is 10.7 Å². The van der Waals surface area contributed by atoms with Crippen LogP contribution in [-0.4, -0.2) is 34.8 Å². The van der Waals surface area contributed by atoms with Crippen LogP contribution in [0.5, 0.6) is 0 Å². The summed E-state index contributed by atoms with van der Waals surface area (Å²) >= 11 is 0. The van der Waals surface area contributed by atoms with Crippen LogP contribution in [0.4, 0.5) is 5.95 Å². The number of nitrogens with zero attached hydrogens (tertiary/aromatic N) is 3. The second-order valence-corrected chi connectivity index (χ2v) is 7.25. The van der Waals surface area contributed by atoms with Gasteiger partial charge < -0.3 is 10.6 Å². The van der Waals surface area contributed by atoms with Gasteiger partial charge in [-0.05, 0) is 37.6 Å². The number of hydrogen-bond donors (Lipinski definition) is 2. The van der Waals surface area contributed by atoms with Crippen LogP contribution in [0.2, 0.25) is 0 Å². The molecule has 0 amide bonds. The molecule has 21 heavy (non-hydrogen) atoms. The van der Waals surface area contributed by atoms with Gasteiger partial charge in [0.2, 0.25) is 5.95 Å². The molecule has 5 heteroatoms. The number of H-pyrrole nitrogens is 1. The number of anilines is 1. The summed E-state index contributed by atoms with van der Waals surface area (Å²) in [7, 11) is 0. The average molecular weight is 291 g/mol. The van der Waals surface area contributed by atoms with Crippen LogP contribution < -0.4 is 10.6 Å². The van der Waals surface area contributed by atoms with Gasteiger partial charge in [-0.1, -0.05) is 32.6 Å². The summed E-state index contributed by atoms with van der Waals surface area (Å²) in [5.74, 6) is 2.57. The first kappa shape index (κ1) is 14.8. The number of aromatic amines is 1. The summed E-state index contributed by atoms with van der Waals surface area (Å²) in [4.78, 5) is 7.13. The van der Waals surface area contributed by atoms with Crippen LogP contribution in [0.15, 0.2) is 0 Å². The molecule has 1 aromatic heterocycles. The largest absolute Gasteiger partial charge is 0.339 e. The number of nitrogens with one attached hydrogen (secondary N) is 1. The van der Waals surface area contributed by atoms with Gasteiger partial charge in [-0.2, -0.15) is 4.98 Å². The van der Waals surface area contributed by atoms with Gasteiger partial charge in [0, 0.05) is 19.0 Å². The van der Waals surface area contributed by atoms with Crippen molar-refractivity contribution >= 4 is 5.95 Å². The fourth-order valence-corrected chi connectivity index (χ4v) is 3.79. The molecule has 1 saturated heterocycles. The second kappa shape index (κ2) is 6.34. The van der Waals surface area contributed by atoms with Gasteiger partial charge in [0.05, 0.1) is 0 Å². The van der Waals surface area contributed by atoms with Crippen LogP contribution in [0.25, 0.3) is 0 Å². The maximum absolute atomic E-state index is 5.94. The molecule has 3 N–H and O–H groups in total. The minimum atomic E-state index is 0.210. The van der Waals surface area contributed by atoms with Crippen molar-refractivity contribution in [1.82, 2.24) is 15.2 Å². The van der Waals surface area contributed by atoms with E-state index in [0.29, 0.717) is 5.92 Å². The van der Waals surface area contributed by atoms with Gasteiger partial charge in [0.15, 0.2) is 0 Å². The Morgan fingerprint density at radius 1 is 1.24 bits per heavy atom. The van der Waals surface area contributed by atoms with Crippen molar-refractivity contribution < 1.29 is 0 Å². The van der Waals surface area contributed by atoms with Gasteiger partial charge in [0.25, 0.3) is 0 Å². The molecule has 1 saturated carbocycles. The molecule has 1 aliphatic heterocycles. The van der Waals surface area contributed by atoms with Crippen LogP contribution in [0, 0.1) is 5.41 Å². The first-order valence-corrected chi connectivity index (χ1v) is 8.57. The van der Waals surface area contributed by atoms with Gasteiger partial charge >= 0.3 is 0 Å². The molecule has 1 aromatic rings. The van der Waals surface area contributed by atoms with Crippen molar-refractivity contribution in [2.75, 3.05) is 24.5 Å². The molecule has 1 aliphatic carbocycles. The lowest BCUT2D eigenvalue weighted by Crippen LogP contribution is -2.46. The predicted octanol–water partition coefficient (Wildman–Crippen LogP) is 2.81. The first-order valence-electron chi connectivity index (χ1n) is 8.57. The van der Waals surface area contributed by atoms with Gasteiger partial charge in [0.1, 0.15) is 5.82 Å². The highest BCUT2D eigenvalue weighted by Gasteiger charge is 2.31. The summed E-state index contributed by atoms with van der Waals surface area (Å²) in [6, 6.07) is 0. The van der Waals surface area contributed by atoms with Crippen LogP contribution in [-0.2, 0) is 0 Å². The lowest BCUT2D eigenvalue weighted by atomic mass is 9.82. The van der Waals surface area contributed by atoms with E-state index in [1.807, 2.05) is 0 Å². The number of piperidine rings is 1. The average Bonchev–Trinajstić information content (AvgIpc) is 2.83. The molecule has 0 bridgehead atoms. The highest BCUT2D eigenvalue weighted by molar-refractivity contribution is 5.31. The Morgan fingerprint density at radius 3 is 2.71 bits per heavy atom. The monoisotopic (exact) mass is 291 g/mol. The second-order valence-electron chi connectivity index (χ2n) is 7.25. The molecule has 2 heterocycles. The van der Waals surface area contributed by atoms with Crippen molar-refractivity contribution in [1.29, 1.82) is 0 Å². The normalized spacial score (nSPS) is 28.6. The van der Waals surface area contributed by atoms with Crippen molar-refractivity contribution in [2.45, 2.75) is 64.2 Å². The standard InChI is InChI=1S/C16H29N5/c1-16(11-17)9-6-10-21(12-16)15-18-14(19-20-15)13-7-4-2-3-5-8-13/h13H,2-12,17H2,1H3,(H,18,19,20). The summed E-state index contributed by atoms with van der Waals surface area (Å²) in [5, 5.41) is 7.71. The Kier molecular flexibility index (Phi) is 4.48. The van der Waals surface area contributed by atoms with Gasteiger partial charge in [-0.15, -0.1) is 5.10 Å². The van der Waals surface area contributed by atoms with E-state index < -0.39 is 0 Å². The fraction of sp³-hybridized carbons (Fsp3) is 0.875. The van der Waals surface area contributed by atoms with E-state index in [1.54, 1.807) is 0 Å². The smallest absolute Gasteiger partial charge is 0.244 e. The van der Waals surface area contributed by atoms with E-state index in [9.17, 15) is 0 Å². The molecule has 0 spiro atoms. The Hall–Kier alpha value is -1.10.